The molecule has 0 aromatic heterocycles. The normalized spacial score (nSPS) is 26.8. The van der Waals surface area contributed by atoms with Crippen LogP contribution in [0.5, 0.6) is 0 Å². The highest BCUT2D eigenvalue weighted by Gasteiger charge is 2.31. The van der Waals surface area contributed by atoms with Gasteiger partial charge in [-0.1, -0.05) is 0 Å². The highest BCUT2D eigenvalue weighted by molar-refractivity contribution is 5.74. The number of carboxylic acid groups (broad SMARTS) is 1. The van der Waals surface area contributed by atoms with Crippen LogP contribution in [-0.2, 0) is 14.3 Å². The Kier molecular flexibility index (Phi) is 5.81. The molecule has 0 bridgehead atoms. The lowest BCUT2D eigenvalue weighted by Gasteiger charge is -2.32. The average Bonchev–Trinajstić information content (AvgIpc) is 2.95. The van der Waals surface area contributed by atoms with Gasteiger partial charge >= 0.3 is 12.0 Å². The van der Waals surface area contributed by atoms with Crippen molar-refractivity contribution >= 4 is 12.0 Å². The Morgan fingerprint density at radius 3 is 2.57 bits per heavy atom. The molecule has 2 rings (SSSR count). The van der Waals surface area contributed by atoms with Crippen molar-refractivity contribution in [2.45, 2.75) is 50.9 Å². The van der Waals surface area contributed by atoms with Crippen molar-refractivity contribution in [3.63, 3.8) is 0 Å². The Hall–Kier alpha value is -1.34. The van der Waals surface area contributed by atoms with Crippen LogP contribution < -0.4 is 5.32 Å². The van der Waals surface area contributed by atoms with Crippen molar-refractivity contribution in [1.82, 2.24) is 10.2 Å². The number of likely N-dealkylation sites (tertiary alicyclic amines) is 1. The summed E-state index contributed by atoms with van der Waals surface area (Å²) in [7, 11) is 0. The summed E-state index contributed by atoms with van der Waals surface area (Å²) in [6.07, 6.45) is 2.24. The molecule has 2 atom stereocenters. The third kappa shape index (κ3) is 4.57. The molecule has 2 fully saturated rings. The van der Waals surface area contributed by atoms with Gasteiger partial charge in [0.05, 0.1) is 12.2 Å². The van der Waals surface area contributed by atoms with Gasteiger partial charge in [-0.3, -0.25) is 0 Å². The summed E-state index contributed by atoms with van der Waals surface area (Å²) in [4.78, 5) is 24.6. The van der Waals surface area contributed by atoms with E-state index in [1.165, 1.54) is 0 Å². The Morgan fingerprint density at radius 1 is 1.29 bits per heavy atom. The van der Waals surface area contributed by atoms with E-state index < -0.39 is 12.1 Å². The highest BCUT2D eigenvalue weighted by Crippen LogP contribution is 2.19. The number of carboxylic acids is 1. The van der Waals surface area contributed by atoms with Crippen molar-refractivity contribution in [2.24, 2.45) is 0 Å². The van der Waals surface area contributed by atoms with E-state index in [0.717, 1.165) is 12.8 Å². The van der Waals surface area contributed by atoms with Gasteiger partial charge in [0.15, 0.2) is 6.10 Å². The van der Waals surface area contributed by atoms with E-state index in [1.807, 2.05) is 6.92 Å². The molecular formula is C14H24N2O5. The van der Waals surface area contributed by atoms with Crippen LogP contribution in [0.2, 0.25) is 0 Å². The van der Waals surface area contributed by atoms with Crippen LogP contribution in [-0.4, -0.2) is 66.6 Å². The fourth-order valence-corrected chi connectivity index (χ4v) is 2.81. The molecule has 2 aliphatic heterocycles. The summed E-state index contributed by atoms with van der Waals surface area (Å²) in [5.74, 6) is -0.929. The number of ether oxygens (including phenoxy) is 2. The van der Waals surface area contributed by atoms with Crippen LogP contribution in [0.1, 0.15) is 32.6 Å². The Labute approximate surface area is 124 Å². The number of rotatable bonds is 5. The van der Waals surface area contributed by atoms with E-state index in [-0.39, 0.29) is 18.2 Å². The molecule has 120 valence electrons. The smallest absolute Gasteiger partial charge is 0.332 e. The van der Waals surface area contributed by atoms with Crippen LogP contribution in [0.4, 0.5) is 4.79 Å². The molecule has 7 heteroatoms. The van der Waals surface area contributed by atoms with Gasteiger partial charge < -0.3 is 24.8 Å². The Balaban J connectivity index is 1.65. The number of nitrogens with zero attached hydrogens (tertiary/aromatic N) is 1. The number of carbonyl (C=O) groups excluding carboxylic acids is 1. The quantitative estimate of drug-likeness (QED) is 0.785. The minimum absolute atomic E-state index is 0.104. The van der Waals surface area contributed by atoms with Gasteiger partial charge in [-0.05, 0) is 32.6 Å². The van der Waals surface area contributed by atoms with E-state index in [4.69, 9.17) is 14.6 Å². The number of urea groups is 1. The van der Waals surface area contributed by atoms with Gasteiger partial charge in [-0.2, -0.15) is 0 Å². The van der Waals surface area contributed by atoms with Crippen LogP contribution in [0.15, 0.2) is 0 Å². The number of aliphatic carboxylic acids is 1. The lowest BCUT2D eigenvalue weighted by molar-refractivity contribution is -0.149. The topological polar surface area (TPSA) is 88.1 Å². The molecule has 2 saturated heterocycles. The molecule has 0 spiro atoms. The maximum atomic E-state index is 12.0. The number of hydrogen-bond donors (Lipinski definition) is 2. The molecule has 0 saturated carbocycles. The first-order chi connectivity index (χ1) is 10.1. The minimum atomic E-state index is -0.929. The second-order valence-corrected chi connectivity index (χ2v) is 5.49. The standard InChI is InChI=1S/C14H24N2O5/c1-2-20-10-5-7-16(8-6-10)14(19)15-9-11-3-4-12(21-11)13(17)18/h10-12H,2-9H2,1H3,(H,15,19)(H,17,18). The van der Waals surface area contributed by atoms with E-state index in [0.29, 0.717) is 39.1 Å². The van der Waals surface area contributed by atoms with Gasteiger partial charge in [0.25, 0.3) is 0 Å². The summed E-state index contributed by atoms with van der Waals surface area (Å²) in [6, 6.07) is -0.104. The second kappa shape index (κ2) is 7.61. The summed E-state index contributed by atoms with van der Waals surface area (Å²) in [5, 5.41) is 11.7. The molecule has 21 heavy (non-hydrogen) atoms. The maximum Gasteiger partial charge on any atom is 0.332 e. The molecule has 2 N–H and O–H groups in total. The number of amides is 2. The van der Waals surface area contributed by atoms with E-state index >= 15 is 0 Å². The van der Waals surface area contributed by atoms with Crippen LogP contribution in [0.25, 0.3) is 0 Å². The minimum Gasteiger partial charge on any atom is -0.479 e. The van der Waals surface area contributed by atoms with Crippen LogP contribution >= 0.6 is 0 Å². The zero-order chi connectivity index (χ0) is 15.2. The van der Waals surface area contributed by atoms with Crippen molar-refractivity contribution in [2.75, 3.05) is 26.2 Å². The van der Waals surface area contributed by atoms with E-state index in [9.17, 15) is 9.59 Å². The molecule has 2 amide bonds. The molecule has 2 unspecified atom stereocenters. The molecule has 2 aliphatic rings. The molecular weight excluding hydrogens is 276 g/mol. The van der Waals surface area contributed by atoms with Gasteiger partial charge in [0.1, 0.15) is 0 Å². The Bertz CT molecular complexity index is 368. The van der Waals surface area contributed by atoms with E-state index in [1.54, 1.807) is 4.90 Å². The number of hydrogen-bond acceptors (Lipinski definition) is 4. The second-order valence-electron chi connectivity index (χ2n) is 5.49. The zero-order valence-electron chi connectivity index (χ0n) is 12.4. The summed E-state index contributed by atoms with van der Waals surface area (Å²) < 4.78 is 10.9. The predicted octanol–water partition coefficient (Wildman–Crippen LogP) is 0.829. The molecule has 0 aromatic rings. The number of carbonyl (C=O) groups is 2. The van der Waals surface area contributed by atoms with Crippen molar-refractivity contribution in [3.05, 3.63) is 0 Å². The molecule has 0 aliphatic carbocycles. The Morgan fingerprint density at radius 2 is 2.00 bits per heavy atom. The lowest BCUT2D eigenvalue weighted by atomic mass is 10.1. The monoisotopic (exact) mass is 300 g/mol. The van der Waals surface area contributed by atoms with Gasteiger partial charge in [-0.15, -0.1) is 0 Å². The van der Waals surface area contributed by atoms with Crippen LogP contribution in [0.3, 0.4) is 0 Å². The average molecular weight is 300 g/mol. The molecule has 2 heterocycles. The fourth-order valence-electron chi connectivity index (χ4n) is 2.81. The van der Waals surface area contributed by atoms with Crippen molar-refractivity contribution < 1.29 is 24.2 Å². The van der Waals surface area contributed by atoms with Crippen molar-refractivity contribution in [1.29, 1.82) is 0 Å². The van der Waals surface area contributed by atoms with Gasteiger partial charge in [0.2, 0.25) is 0 Å². The first-order valence-corrected chi connectivity index (χ1v) is 7.62. The SMILES string of the molecule is CCOC1CCN(C(=O)NCC2CCC(C(=O)O)O2)CC1. The largest absolute Gasteiger partial charge is 0.479 e. The first-order valence-electron chi connectivity index (χ1n) is 7.62. The summed E-state index contributed by atoms with van der Waals surface area (Å²) in [6.45, 7) is 4.44. The maximum absolute atomic E-state index is 12.0. The predicted molar refractivity (Wildman–Crippen MR) is 75.2 cm³/mol. The third-order valence-corrected chi connectivity index (χ3v) is 4.00. The zero-order valence-corrected chi connectivity index (χ0v) is 12.4. The summed E-state index contributed by atoms with van der Waals surface area (Å²) in [5.41, 5.74) is 0. The lowest BCUT2D eigenvalue weighted by Crippen LogP contribution is -2.47. The highest BCUT2D eigenvalue weighted by atomic mass is 16.5. The number of nitrogens with one attached hydrogen (secondary N) is 1. The number of piperidine rings is 1. The first kappa shape index (κ1) is 16.0. The van der Waals surface area contributed by atoms with Gasteiger partial charge in [-0.25, -0.2) is 9.59 Å². The molecule has 0 radical (unpaired) electrons. The third-order valence-electron chi connectivity index (χ3n) is 4.00. The van der Waals surface area contributed by atoms with E-state index in [2.05, 4.69) is 5.32 Å². The molecule has 7 nitrogen and oxygen atoms in total. The van der Waals surface area contributed by atoms with Crippen LogP contribution in [0, 0.1) is 0 Å². The van der Waals surface area contributed by atoms with Gasteiger partial charge in [0, 0.05) is 26.2 Å². The summed E-state index contributed by atoms with van der Waals surface area (Å²) >= 11 is 0. The molecule has 0 aromatic carbocycles. The fraction of sp³-hybridized carbons (Fsp3) is 0.857. The van der Waals surface area contributed by atoms with Crippen molar-refractivity contribution in [3.8, 4) is 0 Å².